The molecular formula is C15H11NO2. The van der Waals surface area contributed by atoms with Crippen molar-refractivity contribution in [1.29, 1.82) is 0 Å². The van der Waals surface area contributed by atoms with E-state index in [1.807, 2.05) is 42.5 Å². The number of pyridine rings is 1. The number of carbonyl (C=O) groups is 1. The van der Waals surface area contributed by atoms with Crippen LogP contribution in [0.25, 0.3) is 21.8 Å². The average Bonchev–Trinajstić information content (AvgIpc) is 2.43. The summed E-state index contributed by atoms with van der Waals surface area (Å²) in [5.41, 5.74) is 2.86. The molecule has 3 aromatic rings. The normalized spacial score (nSPS) is 10.7. The fourth-order valence-electron chi connectivity index (χ4n) is 2.11. The minimum Gasteiger partial charge on any atom is -0.463 e. The number of ether oxygens (including phenoxy) is 1. The minimum atomic E-state index is 0.279. The van der Waals surface area contributed by atoms with E-state index in [1.54, 1.807) is 0 Å². The zero-order valence-corrected chi connectivity index (χ0v) is 9.67. The van der Waals surface area contributed by atoms with Crippen molar-refractivity contribution in [3.63, 3.8) is 0 Å². The Morgan fingerprint density at radius 3 is 2.78 bits per heavy atom. The van der Waals surface area contributed by atoms with Crippen LogP contribution >= 0.6 is 0 Å². The van der Waals surface area contributed by atoms with Gasteiger partial charge in [0.2, 0.25) is 0 Å². The van der Waals surface area contributed by atoms with E-state index in [2.05, 4.69) is 11.1 Å². The van der Waals surface area contributed by atoms with E-state index in [1.165, 1.54) is 0 Å². The predicted octanol–water partition coefficient (Wildman–Crippen LogP) is 3.06. The highest BCUT2D eigenvalue weighted by Gasteiger charge is 2.04. The van der Waals surface area contributed by atoms with Crippen molar-refractivity contribution in [3.05, 3.63) is 54.1 Å². The smallest absolute Gasteiger partial charge is 0.293 e. The van der Waals surface area contributed by atoms with Gasteiger partial charge in [-0.3, -0.25) is 4.79 Å². The van der Waals surface area contributed by atoms with Gasteiger partial charge in [0, 0.05) is 10.8 Å². The molecule has 2 aromatic carbocycles. The van der Waals surface area contributed by atoms with Crippen LogP contribution in [0.1, 0.15) is 5.56 Å². The molecule has 0 aliphatic rings. The van der Waals surface area contributed by atoms with Crippen LogP contribution in [0.5, 0.6) is 0 Å². The molecule has 0 atom stereocenters. The van der Waals surface area contributed by atoms with Crippen molar-refractivity contribution in [3.8, 4) is 0 Å². The molecule has 0 saturated heterocycles. The molecule has 88 valence electrons. The van der Waals surface area contributed by atoms with Crippen LogP contribution in [0.3, 0.4) is 0 Å². The molecule has 0 spiro atoms. The van der Waals surface area contributed by atoms with Crippen LogP contribution in [-0.2, 0) is 16.1 Å². The molecule has 0 radical (unpaired) electrons. The van der Waals surface area contributed by atoms with E-state index < -0.39 is 0 Å². The summed E-state index contributed by atoms with van der Waals surface area (Å²) in [6.07, 6.45) is 0. The number of fused-ring (bicyclic) bond motifs is 2. The molecule has 0 aliphatic heterocycles. The van der Waals surface area contributed by atoms with Gasteiger partial charge in [-0.2, -0.15) is 0 Å². The topological polar surface area (TPSA) is 39.2 Å². The van der Waals surface area contributed by atoms with Gasteiger partial charge in [-0.15, -0.1) is 0 Å². The van der Waals surface area contributed by atoms with Gasteiger partial charge in [0.1, 0.15) is 6.61 Å². The second-order valence-corrected chi connectivity index (χ2v) is 4.07. The number of nitrogens with zero attached hydrogens (tertiary/aromatic N) is 1. The fourth-order valence-corrected chi connectivity index (χ4v) is 2.11. The van der Waals surface area contributed by atoms with Crippen LogP contribution in [0.4, 0.5) is 0 Å². The van der Waals surface area contributed by atoms with E-state index in [0.29, 0.717) is 6.47 Å². The Kier molecular flexibility index (Phi) is 2.65. The minimum absolute atomic E-state index is 0.279. The Balaban J connectivity index is 2.25. The molecule has 0 bridgehead atoms. The third kappa shape index (κ3) is 1.80. The van der Waals surface area contributed by atoms with E-state index >= 15 is 0 Å². The van der Waals surface area contributed by atoms with Gasteiger partial charge >= 0.3 is 0 Å². The quantitative estimate of drug-likeness (QED) is 0.519. The zero-order chi connectivity index (χ0) is 12.4. The Labute approximate surface area is 104 Å². The van der Waals surface area contributed by atoms with Crippen LogP contribution in [0.2, 0.25) is 0 Å². The van der Waals surface area contributed by atoms with Crippen molar-refractivity contribution >= 4 is 28.3 Å². The van der Waals surface area contributed by atoms with Crippen molar-refractivity contribution in [2.45, 2.75) is 6.61 Å². The summed E-state index contributed by atoms with van der Waals surface area (Å²) in [5, 5.41) is 2.11. The monoisotopic (exact) mass is 237 g/mol. The first-order chi connectivity index (χ1) is 8.88. The second-order valence-electron chi connectivity index (χ2n) is 4.07. The molecule has 18 heavy (non-hydrogen) atoms. The first kappa shape index (κ1) is 10.7. The third-order valence-electron chi connectivity index (χ3n) is 2.96. The maximum absolute atomic E-state index is 10.3. The predicted molar refractivity (Wildman–Crippen MR) is 70.1 cm³/mol. The summed E-state index contributed by atoms with van der Waals surface area (Å²) in [7, 11) is 0. The molecular weight excluding hydrogens is 226 g/mol. The molecule has 1 heterocycles. The summed E-state index contributed by atoms with van der Waals surface area (Å²) in [6.45, 7) is 0.744. The lowest BCUT2D eigenvalue weighted by atomic mass is 10.1. The number of hydrogen-bond acceptors (Lipinski definition) is 3. The third-order valence-corrected chi connectivity index (χ3v) is 2.96. The van der Waals surface area contributed by atoms with Crippen molar-refractivity contribution < 1.29 is 9.53 Å². The molecule has 3 heteroatoms. The lowest BCUT2D eigenvalue weighted by molar-refractivity contribution is -0.129. The molecule has 3 nitrogen and oxygen atoms in total. The highest BCUT2D eigenvalue weighted by atomic mass is 16.5. The van der Waals surface area contributed by atoms with Crippen molar-refractivity contribution in [2.24, 2.45) is 0 Å². The van der Waals surface area contributed by atoms with Crippen LogP contribution in [0.15, 0.2) is 48.5 Å². The maximum Gasteiger partial charge on any atom is 0.293 e. The summed E-state index contributed by atoms with van der Waals surface area (Å²) in [5.74, 6) is 0. The van der Waals surface area contributed by atoms with Crippen LogP contribution < -0.4 is 0 Å². The van der Waals surface area contributed by atoms with Crippen LogP contribution in [0, 0.1) is 0 Å². The van der Waals surface area contributed by atoms with E-state index in [4.69, 9.17) is 4.74 Å². The summed E-state index contributed by atoms with van der Waals surface area (Å²) >= 11 is 0. The Morgan fingerprint density at radius 2 is 1.89 bits per heavy atom. The molecule has 0 aliphatic carbocycles. The molecule has 0 N–H and O–H groups in total. The molecule has 0 amide bonds. The number of hydrogen-bond donors (Lipinski definition) is 0. The number of carbonyl (C=O) groups excluding carboxylic acids is 1. The standard InChI is InChI=1S/C15H11NO2/c17-10-18-9-12-5-3-7-15-13(12)8-11-4-1-2-6-14(11)16-15/h1-8,10H,9H2. The number of aromatic nitrogens is 1. The van der Waals surface area contributed by atoms with Gasteiger partial charge in [0.25, 0.3) is 6.47 Å². The zero-order valence-electron chi connectivity index (χ0n) is 9.67. The van der Waals surface area contributed by atoms with Gasteiger partial charge < -0.3 is 4.74 Å². The molecule has 0 saturated carbocycles. The van der Waals surface area contributed by atoms with Gasteiger partial charge in [0.15, 0.2) is 0 Å². The fraction of sp³-hybridized carbons (Fsp3) is 0.0667. The largest absolute Gasteiger partial charge is 0.463 e. The number of para-hydroxylation sites is 1. The van der Waals surface area contributed by atoms with Crippen LogP contribution in [-0.4, -0.2) is 11.5 Å². The van der Waals surface area contributed by atoms with Gasteiger partial charge in [-0.05, 0) is 23.8 Å². The van der Waals surface area contributed by atoms with E-state index in [-0.39, 0.29) is 6.61 Å². The first-order valence-corrected chi connectivity index (χ1v) is 5.71. The number of benzene rings is 2. The molecule has 3 rings (SSSR count). The highest BCUT2D eigenvalue weighted by molar-refractivity contribution is 5.94. The second kappa shape index (κ2) is 4.45. The lowest BCUT2D eigenvalue weighted by Crippen LogP contribution is -1.93. The molecule has 0 unspecified atom stereocenters. The van der Waals surface area contributed by atoms with Crippen molar-refractivity contribution in [1.82, 2.24) is 4.98 Å². The average molecular weight is 237 g/mol. The summed E-state index contributed by atoms with van der Waals surface area (Å²) in [6, 6.07) is 15.9. The number of rotatable bonds is 3. The van der Waals surface area contributed by atoms with Gasteiger partial charge in [-0.1, -0.05) is 30.3 Å². The van der Waals surface area contributed by atoms with Gasteiger partial charge in [-0.25, -0.2) is 4.98 Å². The highest BCUT2D eigenvalue weighted by Crippen LogP contribution is 2.23. The molecule has 1 aromatic heterocycles. The Hall–Kier alpha value is -2.42. The Bertz CT molecular complexity index is 722. The van der Waals surface area contributed by atoms with Gasteiger partial charge in [0.05, 0.1) is 11.0 Å². The van der Waals surface area contributed by atoms with E-state index in [9.17, 15) is 4.79 Å². The summed E-state index contributed by atoms with van der Waals surface area (Å²) in [4.78, 5) is 14.9. The molecule has 0 fully saturated rings. The van der Waals surface area contributed by atoms with E-state index in [0.717, 1.165) is 27.4 Å². The summed E-state index contributed by atoms with van der Waals surface area (Å²) < 4.78 is 4.83. The maximum atomic E-state index is 10.3. The SMILES string of the molecule is O=COCc1cccc2nc3ccccc3cc12. The van der Waals surface area contributed by atoms with Crippen molar-refractivity contribution in [2.75, 3.05) is 0 Å². The first-order valence-electron chi connectivity index (χ1n) is 5.71. The lowest BCUT2D eigenvalue weighted by Gasteiger charge is -2.06. The Morgan fingerprint density at radius 1 is 1.06 bits per heavy atom.